The van der Waals surface area contributed by atoms with Gasteiger partial charge >= 0.3 is 5.97 Å². The number of nitrogens with zero attached hydrogens (tertiary/aromatic N) is 1. The fourth-order valence-corrected chi connectivity index (χ4v) is 1.57. The van der Waals surface area contributed by atoms with E-state index in [1.54, 1.807) is 4.90 Å². The molecule has 1 aromatic carbocycles. The van der Waals surface area contributed by atoms with Crippen molar-refractivity contribution in [3.8, 4) is 0 Å². The molecule has 0 saturated carbocycles. The average Bonchev–Trinajstić information content (AvgIpc) is 2.21. The monoisotopic (exact) mass is 245 g/mol. The van der Waals surface area contributed by atoms with Crippen molar-refractivity contribution in [1.82, 2.24) is 4.90 Å². The summed E-state index contributed by atoms with van der Waals surface area (Å²) in [6.45, 7) is 2.50. The van der Waals surface area contributed by atoms with Gasteiger partial charge in [0.15, 0.2) is 0 Å². The molecule has 0 heterocycles. The number of hydrogen-bond acceptors (Lipinski definition) is 2. The van der Waals surface area contributed by atoms with Crippen molar-refractivity contribution in [1.29, 1.82) is 0 Å². The molecule has 0 aliphatic carbocycles. The highest BCUT2D eigenvalue weighted by atomic mass is 35.5. The number of likely N-dealkylation sites (N-methyl/N-ethyl adjacent to an activating group) is 1. The highest BCUT2D eigenvalue weighted by molar-refractivity contribution is 6.30. The predicted octanol–water partition coefficient (Wildman–Crippen LogP) is 2.39. The number of aliphatic carboxylic acids is 1. The van der Waals surface area contributed by atoms with Crippen molar-refractivity contribution in [3.05, 3.63) is 34.6 Å². The fraction of sp³-hybridized carbons (Fsp3) is 0.364. The van der Waals surface area contributed by atoms with Gasteiger partial charge in [0.05, 0.1) is 6.54 Å². The van der Waals surface area contributed by atoms with E-state index in [1.165, 1.54) is 18.2 Å². The molecular weight excluding hydrogens is 233 g/mol. The molecule has 0 amide bonds. The van der Waals surface area contributed by atoms with Gasteiger partial charge in [-0.3, -0.25) is 9.69 Å². The molecule has 16 heavy (non-hydrogen) atoms. The Kier molecular flexibility index (Phi) is 4.71. The summed E-state index contributed by atoms with van der Waals surface area (Å²) in [6, 6.07) is 4.27. The van der Waals surface area contributed by atoms with Crippen molar-refractivity contribution in [2.75, 3.05) is 13.1 Å². The molecule has 0 aliphatic heterocycles. The molecule has 1 aromatic rings. The number of carboxylic acid groups (broad SMARTS) is 1. The Balaban J connectivity index is 2.77. The zero-order chi connectivity index (χ0) is 12.1. The van der Waals surface area contributed by atoms with Crippen molar-refractivity contribution in [2.24, 2.45) is 0 Å². The molecule has 0 radical (unpaired) electrons. The van der Waals surface area contributed by atoms with Crippen LogP contribution in [0.1, 0.15) is 12.5 Å². The van der Waals surface area contributed by atoms with E-state index in [0.29, 0.717) is 17.1 Å². The predicted molar refractivity (Wildman–Crippen MR) is 60.0 cm³/mol. The summed E-state index contributed by atoms with van der Waals surface area (Å²) in [5.41, 5.74) is 0.413. The summed E-state index contributed by atoms with van der Waals surface area (Å²) in [7, 11) is 0. The highest BCUT2D eigenvalue weighted by Gasteiger charge is 2.11. The zero-order valence-corrected chi connectivity index (χ0v) is 9.67. The van der Waals surface area contributed by atoms with E-state index < -0.39 is 5.97 Å². The van der Waals surface area contributed by atoms with Gasteiger partial charge in [0, 0.05) is 17.1 Å². The van der Waals surface area contributed by atoms with E-state index in [4.69, 9.17) is 16.7 Å². The lowest BCUT2D eigenvalue weighted by Crippen LogP contribution is -2.29. The van der Waals surface area contributed by atoms with E-state index in [2.05, 4.69) is 0 Å². The molecule has 0 unspecified atom stereocenters. The minimum absolute atomic E-state index is 0.109. The molecule has 0 spiro atoms. The third-order valence-electron chi connectivity index (χ3n) is 2.21. The maximum Gasteiger partial charge on any atom is 0.317 e. The Morgan fingerprint density at radius 3 is 2.81 bits per heavy atom. The molecule has 0 atom stereocenters. The van der Waals surface area contributed by atoms with Gasteiger partial charge in [0.1, 0.15) is 5.82 Å². The van der Waals surface area contributed by atoms with Gasteiger partial charge in [-0.2, -0.15) is 0 Å². The summed E-state index contributed by atoms with van der Waals surface area (Å²) in [4.78, 5) is 12.2. The van der Waals surface area contributed by atoms with Crippen LogP contribution in [0.5, 0.6) is 0 Å². The first-order valence-corrected chi connectivity index (χ1v) is 5.28. The van der Waals surface area contributed by atoms with Crippen LogP contribution in [0, 0.1) is 5.82 Å². The van der Waals surface area contributed by atoms with Gasteiger partial charge in [-0.15, -0.1) is 0 Å². The number of carbonyl (C=O) groups is 1. The summed E-state index contributed by atoms with van der Waals surface area (Å²) in [5.74, 6) is -1.29. The minimum atomic E-state index is -0.927. The second kappa shape index (κ2) is 5.82. The van der Waals surface area contributed by atoms with Gasteiger partial charge in [-0.25, -0.2) is 4.39 Å². The normalized spacial score (nSPS) is 10.8. The SMILES string of the molecule is CCN(CC(=O)O)Cc1cc(Cl)ccc1F. The van der Waals surface area contributed by atoms with Crippen LogP contribution < -0.4 is 0 Å². The molecule has 0 aromatic heterocycles. The average molecular weight is 246 g/mol. The number of rotatable bonds is 5. The van der Waals surface area contributed by atoms with Crippen molar-refractivity contribution >= 4 is 17.6 Å². The minimum Gasteiger partial charge on any atom is -0.480 e. The Hall–Kier alpha value is -1.13. The van der Waals surface area contributed by atoms with E-state index in [1.807, 2.05) is 6.92 Å². The molecule has 1 N–H and O–H groups in total. The molecular formula is C11H13ClFNO2. The topological polar surface area (TPSA) is 40.5 Å². The molecule has 0 aliphatic rings. The second-order valence-electron chi connectivity index (χ2n) is 3.43. The standard InChI is InChI=1S/C11H13ClFNO2/c1-2-14(7-11(15)16)6-8-5-9(12)3-4-10(8)13/h3-5H,2,6-7H2,1H3,(H,15,16). The summed E-state index contributed by atoms with van der Waals surface area (Å²) in [5, 5.41) is 9.10. The van der Waals surface area contributed by atoms with Crippen molar-refractivity contribution in [2.45, 2.75) is 13.5 Å². The summed E-state index contributed by atoms with van der Waals surface area (Å²) < 4.78 is 13.4. The lowest BCUT2D eigenvalue weighted by atomic mass is 10.2. The van der Waals surface area contributed by atoms with E-state index >= 15 is 0 Å². The van der Waals surface area contributed by atoms with Gasteiger partial charge in [-0.05, 0) is 24.7 Å². The van der Waals surface area contributed by atoms with Crippen LogP contribution in [-0.4, -0.2) is 29.1 Å². The summed E-state index contributed by atoms with van der Waals surface area (Å²) in [6.07, 6.45) is 0. The largest absolute Gasteiger partial charge is 0.480 e. The smallest absolute Gasteiger partial charge is 0.317 e. The van der Waals surface area contributed by atoms with Gasteiger partial charge in [-0.1, -0.05) is 18.5 Å². The van der Waals surface area contributed by atoms with Crippen LogP contribution in [0.2, 0.25) is 5.02 Å². The van der Waals surface area contributed by atoms with E-state index in [-0.39, 0.29) is 18.9 Å². The lowest BCUT2D eigenvalue weighted by molar-refractivity contribution is -0.138. The molecule has 0 bridgehead atoms. The quantitative estimate of drug-likeness (QED) is 0.866. The van der Waals surface area contributed by atoms with Crippen LogP contribution in [-0.2, 0) is 11.3 Å². The Bertz CT molecular complexity index is 384. The van der Waals surface area contributed by atoms with Crippen molar-refractivity contribution in [3.63, 3.8) is 0 Å². The highest BCUT2D eigenvalue weighted by Crippen LogP contribution is 2.16. The molecule has 0 saturated heterocycles. The first-order valence-electron chi connectivity index (χ1n) is 4.91. The third-order valence-corrected chi connectivity index (χ3v) is 2.44. The number of benzene rings is 1. The molecule has 1 rings (SSSR count). The van der Waals surface area contributed by atoms with E-state index in [0.717, 1.165) is 0 Å². The lowest BCUT2D eigenvalue weighted by Gasteiger charge is -2.18. The second-order valence-corrected chi connectivity index (χ2v) is 3.87. The zero-order valence-electron chi connectivity index (χ0n) is 8.91. The first-order chi connectivity index (χ1) is 7.52. The molecule has 3 nitrogen and oxygen atoms in total. The van der Waals surface area contributed by atoms with Crippen LogP contribution in [0.15, 0.2) is 18.2 Å². The Morgan fingerprint density at radius 2 is 2.25 bits per heavy atom. The number of hydrogen-bond donors (Lipinski definition) is 1. The van der Waals surface area contributed by atoms with Crippen molar-refractivity contribution < 1.29 is 14.3 Å². The maximum atomic E-state index is 13.4. The number of halogens is 2. The van der Waals surface area contributed by atoms with Crippen LogP contribution >= 0.6 is 11.6 Å². The fourth-order valence-electron chi connectivity index (χ4n) is 1.38. The Morgan fingerprint density at radius 1 is 1.56 bits per heavy atom. The van der Waals surface area contributed by atoms with Gasteiger partial charge in [0.2, 0.25) is 0 Å². The molecule has 88 valence electrons. The van der Waals surface area contributed by atoms with Gasteiger partial charge < -0.3 is 5.11 Å². The summed E-state index contributed by atoms with van der Waals surface area (Å²) >= 11 is 5.75. The van der Waals surface area contributed by atoms with E-state index in [9.17, 15) is 9.18 Å². The van der Waals surface area contributed by atoms with Gasteiger partial charge in [0.25, 0.3) is 0 Å². The van der Waals surface area contributed by atoms with Crippen LogP contribution in [0.4, 0.5) is 4.39 Å². The molecule has 0 fully saturated rings. The third kappa shape index (κ3) is 3.79. The number of carboxylic acids is 1. The van der Waals surface area contributed by atoms with Crippen LogP contribution in [0.25, 0.3) is 0 Å². The maximum absolute atomic E-state index is 13.4. The van der Waals surface area contributed by atoms with Crippen LogP contribution in [0.3, 0.4) is 0 Å². The molecule has 5 heteroatoms. The first kappa shape index (κ1) is 12.9. The Labute approximate surface area is 98.4 Å².